The van der Waals surface area contributed by atoms with Crippen LogP contribution in [-0.2, 0) is 6.42 Å². The van der Waals surface area contributed by atoms with Gasteiger partial charge in [-0.2, -0.15) is 0 Å². The van der Waals surface area contributed by atoms with Crippen molar-refractivity contribution in [1.82, 2.24) is 0 Å². The second-order valence-corrected chi connectivity index (χ2v) is 6.20. The van der Waals surface area contributed by atoms with Gasteiger partial charge in [-0.05, 0) is 69.1 Å². The van der Waals surface area contributed by atoms with E-state index in [0.717, 1.165) is 24.5 Å². The first-order valence-electron chi connectivity index (χ1n) is 8.11. The lowest BCUT2D eigenvalue weighted by Crippen LogP contribution is -2.23. The van der Waals surface area contributed by atoms with Gasteiger partial charge in [-0.3, -0.25) is 0 Å². The van der Waals surface area contributed by atoms with Crippen LogP contribution >= 0.6 is 0 Å². The zero-order valence-corrected chi connectivity index (χ0v) is 12.8. The van der Waals surface area contributed by atoms with Gasteiger partial charge >= 0.3 is 0 Å². The van der Waals surface area contributed by atoms with Crippen molar-refractivity contribution in [2.24, 2.45) is 5.92 Å². The minimum atomic E-state index is -0.223. The number of hydrogen-bond acceptors (Lipinski definition) is 2. The lowest BCUT2D eigenvalue weighted by atomic mass is 9.86. The average molecular weight is 276 g/mol. The molecule has 20 heavy (non-hydrogen) atoms. The summed E-state index contributed by atoms with van der Waals surface area (Å²) in [5, 5.41) is 9.30. The van der Waals surface area contributed by atoms with Gasteiger partial charge in [0.15, 0.2) is 0 Å². The van der Waals surface area contributed by atoms with Crippen LogP contribution in [-0.4, -0.2) is 17.3 Å². The standard InChI is InChI=1S/C18H28O2/c1-3-15-6-10-17(11-7-15)20-18-12-8-16(9-13-18)5-4-14(2)19/h8-9,12-15,17,19H,3-7,10-11H2,1-2H3. The molecule has 0 spiro atoms. The molecule has 0 saturated heterocycles. The van der Waals surface area contributed by atoms with Crippen LogP contribution in [0.5, 0.6) is 5.75 Å². The third-order valence-electron chi connectivity index (χ3n) is 4.45. The molecule has 1 N–H and O–H groups in total. The molecule has 1 saturated carbocycles. The van der Waals surface area contributed by atoms with Crippen molar-refractivity contribution < 1.29 is 9.84 Å². The summed E-state index contributed by atoms with van der Waals surface area (Å²) >= 11 is 0. The normalized spacial score (nSPS) is 24.4. The molecular weight excluding hydrogens is 248 g/mol. The molecule has 1 aromatic rings. The van der Waals surface area contributed by atoms with Gasteiger partial charge in [-0.25, -0.2) is 0 Å². The van der Waals surface area contributed by atoms with Crippen LogP contribution in [0.15, 0.2) is 24.3 Å². The van der Waals surface area contributed by atoms with E-state index in [1.807, 2.05) is 6.92 Å². The van der Waals surface area contributed by atoms with Crippen molar-refractivity contribution in [3.8, 4) is 5.75 Å². The van der Waals surface area contributed by atoms with Crippen LogP contribution in [0.3, 0.4) is 0 Å². The molecule has 1 aromatic carbocycles. The molecule has 2 nitrogen and oxygen atoms in total. The second-order valence-electron chi connectivity index (χ2n) is 6.20. The highest BCUT2D eigenvalue weighted by Crippen LogP contribution is 2.29. The Hall–Kier alpha value is -1.02. The molecular formula is C18H28O2. The number of hydrogen-bond donors (Lipinski definition) is 1. The van der Waals surface area contributed by atoms with Crippen molar-refractivity contribution in [1.29, 1.82) is 0 Å². The Labute approximate surface area is 123 Å². The van der Waals surface area contributed by atoms with Crippen LogP contribution in [0, 0.1) is 5.92 Å². The quantitative estimate of drug-likeness (QED) is 0.837. The number of aliphatic hydroxyl groups excluding tert-OH is 1. The first kappa shape index (κ1) is 15.4. The van der Waals surface area contributed by atoms with Crippen LogP contribution in [0.4, 0.5) is 0 Å². The maximum absolute atomic E-state index is 9.30. The maximum atomic E-state index is 9.30. The van der Waals surface area contributed by atoms with Gasteiger partial charge in [0.1, 0.15) is 5.75 Å². The number of ether oxygens (including phenoxy) is 1. The van der Waals surface area contributed by atoms with Gasteiger partial charge in [-0.1, -0.05) is 25.5 Å². The predicted octanol–water partition coefficient (Wildman–Crippen LogP) is 4.35. The van der Waals surface area contributed by atoms with E-state index in [-0.39, 0.29) is 6.10 Å². The summed E-state index contributed by atoms with van der Waals surface area (Å²) in [7, 11) is 0. The minimum Gasteiger partial charge on any atom is -0.490 e. The second kappa shape index (κ2) is 7.68. The number of aryl methyl sites for hydroxylation is 1. The smallest absolute Gasteiger partial charge is 0.119 e. The SMILES string of the molecule is CCC1CCC(Oc2ccc(CCC(C)O)cc2)CC1. The molecule has 0 heterocycles. The van der Waals surface area contributed by atoms with E-state index in [4.69, 9.17) is 4.74 Å². The maximum Gasteiger partial charge on any atom is 0.119 e. The number of rotatable bonds is 6. The molecule has 0 aliphatic heterocycles. The zero-order valence-electron chi connectivity index (χ0n) is 12.8. The van der Waals surface area contributed by atoms with Gasteiger partial charge in [0.05, 0.1) is 12.2 Å². The zero-order chi connectivity index (χ0) is 14.4. The van der Waals surface area contributed by atoms with Gasteiger partial charge < -0.3 is 9.84 Å². The summed E-state index contributed by atoms with van der Waals surface area (Å²) in [5.41, 5.74) is 1.27. The van der Waals surface area contributed by atoms with Gasteiger partial charge in [-0.15, -0.1) is 0 Å². The molecule has 1 atom stereocenters. The highest BCUT2D eigenvalue weighted by molar-refractivity contribution is 5.27. The highest BCUT2D eigenvalue weighted by Gasteiger charge is 2.21. The average Bonchev–Trinajstić information content (AvgIpc) is 2.47. The van der Waals surface area contributed by atoms with Crippen LogP contribution in [0.2, 0.25) is 0 Å². The number of benzene rings is 1. The lowest BCUT2D eigenvalue weighted by molar-refractivity contribution is 0.130. The third-order valence-corrected chi connectivity index (χ3v) is 4.45. The molecule has 112 valence electrons. The Bertz CT molecular complexity index is 375. The van der Waals surface area contributed by atoms with Gasteiger partial charge in [0, 0.05) is 0 Å². The fraction of sp³-hybridized carbons (Fsp3) is 0.667. The van der Waals surface area contributed by atoms with E-state index in [9.17, 15) is 5.11 Å². The van der Waals surface area contributed by atoms with E-state index in [1.165, 1.54) is 37.7 Å². The summed E-state index contributed by atoms with van der Waals surface area (Å²) < 4.78 is 6.08. The number of aliphatic hydroxyl groups is 1. The van der Waals surface area contributed by atoms with Crippen molar-refractivity contribution in [2.45, 2.75) is 71.0 Å². The lowest BCUT2D eigenvalue weighted by Gasteiger charge is -2.28. The Morgan fingerprint density at radius 1 is 1.15 bits per heavy atom. The summed E-state index contributed by atoms with van der Waals surface area (Å²) in [4.78, 5) is 0. The van der Waals surface area contributed by atoms with Crippen molar-refractivity contribution >= 4 is 0 Å². The largest absolute Gasteiger partial charge is 0.490 e. The summed E-state index contributed by atoms with van der Waals surface area (Å²) in [6.07, 6.45) is 8.26. The van der Waals surface area contributed by atoms with E-state index in [2.05, 4.69) is 31.2 Å². The van der Waals surface area contributed by atoms with E-state index < -0.39 is 0 Å². The molecule has 2 heteroatoms. The Morgan fingerprint density at radius 2 is 1.80 bits per heavy atom. The molecule has 0 aromatic heterocycles. The summed E-state index contributed by atoms with van der Waals surface area (Å²) in [6.45, 7) is 4.13. The van der Waals surface area contributed by atoms with Crippen molar-refractivity contribution in [3.05, 3.63) is 29.8 Å². The molecule has 0 bridgehead atoms. The van der Waals surface area contributed by atoms with Crippen LogP contribution in [0.25, 0.3) is 0 Å². The molecule has 1 fully saturated rings. The molecule has 1 unspecified atom stereocenters. The molecule has 1 aliphatic carbocycles. The van der Waals surface area contributed by atoms with E-state index >= 15 is 0 Å². The third kappa shape index (κ3) is 4.82. The van der Waals surface area contributed by atoms with E-state index in [1.54, 1.807) is 0 Å². The fourth-order valence-electron chi connectivity index (χ4n) is 2.96. The Balaban J connectivity index is 1.79. The fourth-order valence-corrected chi connectivity index (χ4v) is 2.96. The van der Waals surface area contributed by atoms with Crippen molar-refractivity contribution in [2.75, 3.05) is 0 Å². The minimum absolute atomic E-state index is 0.223. The molecule has 1 aliphatic rings. The summed E-state index contributed by atoms with van der Waals surface area (Å²) in [5.74, 6) is 1.91. The van der Waals surface area contributed by atoms with Crippen LogP contribution < -0.4 is 4.74 Å². The Kier molecular flexibility index (Phi) is 5.90. The molecule has 2 rings (SSSR count). The Morgan fingerprint density at radius 3 is 2.35 bits per heavy atom. The van der Waals surface area contributed by atoms with Crippen molar-refractivity contribution in [3.63, 3.8) is 0 Å². The summed E-state index contributed by atoms with van der Waals surface area (Å²) in [6, 6.07) is 8.39. The first-order chi connectivity index (χ1) is 9.67. The monoisotopic (exact) mass is 276 g/mol. The van der Waals surface area contributed by atoms with Crippen LogP contribution in [0.1, 0.15) is 57.9 Å². The van der Waals surface area contributed by atoms with Gasteiger partial charge in [0.25, 0.3) is 0 Å². The molecule has 0 radical (unpaired) electrons. The highest BCUT2D eigenvalue weighted by atomic mass is 16.5. The molecule has 0 amide bonds. The van der Waals surface area contributed by atoms with E-state index in [0.29, 0.717) is 6.10 Å². The topological polar surface area (TPSA) is 29.5 Å². The van der Waals surface area contributed by atoms with Gasteiger partial charge in [0.2, 0.25) is 0 Å². The first-order valence-corrected chi connectivity index (χ1v) is 8.11. The predicted molar refractivity (Wildman–Crippen MR) is 83.1 cm³/mol.